The molecule has 2 aromatic heterocycles. The van der Waals surface area contributed by atoms with Gasteiger partial charge in [0.1, 0.15) is 12.0 Å². The van der Waals surface area contributed by atoms with E-state index in [2.05, 4.69) is 33.1 Å². The van der Waals surface area contributed by atoms with Crippen molar-refractivity contribution in [3.05, 3.63) is 91.3 Å². The summed E-state index contributed by atoms with van der Waals surface area (Å²) in [6.45, 7) is 0. The number of nitrogens with one attached hydrogen (secondary N) is 1. The highest BCUT2D eigenvalue weighted by atomic mass is 32.2. The molecule has 2 heterocycles. The highest BCUT2D eigenvalue weighted by molar-refractivity contribution is 7.86. The number of aromatic nitrogens is 2. The smallest absolute Gasteiger partial charge is 0.181 e. The molecule has 6 nitrogen and oxygen atoms in total. The number of anilines is 1. The molecule has 158 valence electrons. The van der Waals surface area contributed by atoms with E-state index in [0.29, 0.717) is 10.7 Å². The van der Waals surface area contributed by atoms with Gasteiger partial charge in [-0.1, -0.05) is 47.6 Å². The molecular formula is C25H19N3O3S. The van der Waals surface area contributed by atoms with E-state index < -0.39 is 11.0 Å². The Kier molecular flexibility index (Phi) is 5.39. The Hall–Kier alpha value is -3.97. The fourth-order valence-electron chi connectivity index (χ4n) is 3.60. The Bertz CT molecular complexity index is 1400. The molecule has 1 N–H and O–H groups in total. The van der Waals surface area contributed by atoms with Crippen molar-refractivity contribution in [1.29, 1.82) is 0 Å². The molecule has 5 aromatic rings. The molecule has 0 bridgehead atoms. The van der Waals surface area contributed by atoms with Crippen molar-refractivity contribution < 1.29 is 13.5 Å². The van der Waals surface area contributed by atoms with Crippen LogP contribution in [0.3, 0.4) is 0 Å². The van der Waals surface area contributed by atoms with Crippen LogP contribution in [0.4, 0.5) is 5.82 Å². The Morgan fingerprint density at radius 3 is 2.59 bits per heavy atom. The first kappa shape index (κ1) is 20.0. The van der Waals surface area contributed by atoms with Crippen LogP contribution in [0.2, 0.25) is 0 Å². The lowest BCUT2D eigenvalue weighted by molar-refractivity contribution is 0.416. The van der Waals surface area contributed by atoms with Gasteiger partial charge in [0.15, 0.2) is 16.8 Å². The Labute approximate surface area is 187 Å². The quantitative estimate of drug-likeness (QED) is 0.366. The molecular weight excluding hydrogens is 422 g/mol. The topological polar surface area (TPSA) is 77.2 Å². The minimum absolute atomic E-state index is 0.419. The molecule has 0 spiro atoms. The van der Waals surface area contributed by atoms with Gasteiger partial charge in [-0.15, -0.1) is 0 Å². The third-order valence-electron chi connectivity index (χ3n) is 5.15. The molecule has 7 heteroatoms. The fourth-order valence-corrected chi connectivity index (χ4v) is 4.44. The summed E-state index contributed by atoms with van der Waals surface area (Å²) in [5.74, 6) is 1.16. The van der Waals surface area contributed by atoms with Crippen LogP contribution in [0.5, 0.6) is 5.75 Å². The van der Waals surface area contributed by atoms with Crippen LogP contribution in [0, 0.1) is 0 Å². The number of pyridine rings is 1. The van der Waals surface area contributed by atoms with Crippen LogP contribution >= 0.6 is 0 Å². The zero-order valence-electron chi connectivity index (χ0n) is 17.2. The van der Waals surface area contributed by atoms with E-state index in [0.717, 1.165) is 38.9 Å². The van der Waals surface area contributed by atoms with Crippen molar-refractivity contribution in [1.82, 2.24) is 10.1 Å². The van der Waals surface area contributed by atoms with Crippen molar-refractivity contribution in [2.75, 3.05) is 11.8 Å². The van der Waals surface area contributed by atoms with E-state index in [1.54, 1.807) is 19.4 Å². The van der Waals surface area contributed by atoms with E-state index in [1.165, 1.54) is 6.26 Å². The van der Waals surface area contributed by atoms with Crippen LogP contribution in [0.15, 0.2) is 101 Å². The van der Waals surface area contributed by atoms with Gasteiger partial charge in [-0.25, -0.2) is 4.21 Å². The number of hydrogen-bond acceptors (Lipinski definition) is 5. The van der Waals surface area contributed by atoms with Gasteiger partial charge in [-0.05, 0) is 46.8 Å². The lowest BCUT2D eigenvalue weighted by atomic mass is 9.99. The van der Waals surface area contributed by atoms with Gasteiger partial charge in [-0.2, -0.15) is 0 Å². The molecule has 0 aliphatic rings. The predicted molar refractivity (Wildman–Crippen MR) is 126 cm³/mol. The number of hydrogen-bond donors (Lipinski definition) is 1. The SMILES string of the molecule is COc1cc(-c2ccccc2)ccc1-c1nccc2cc(S(=O)Nc3ccon3)ccc12. The first-order valence-electron chi connectivity index (χ1n) is 9.94. The normalized spacial score (nSPS) is 11.9. The highest BCUT2D eigenvalue weighted by Crippen LogP contribution is 2.36. The van der Waals surface area contributed by atoms with Crippen molar-refractivity contribution in [3.8, 4) is 28.1 Å². The number of nitrogens with zero attached hydrogens (tertiary/aromatic N) is 2. The maximum Gasteiger partial charge on any atom is 0.181 e. The molecule has 32 heavy (non-hydrogen) atoms. The molecule has 0 aliphatic heterocycles. The van der Waals surface area contributed by atoms with Crippen molar-refractivity contribution in [3.63, 3.8) is 0 Å². The van der Waals surface area contributed by atoms with Crippen molar-refractivity contribution >= 4 is 27.6 Å². The van der Waals surface area contributed by atoms with Gasteiger partial charge in [-0.3, -0.25) is 9.71 Å². The van der Waals surface area contributed by atoms with Gasteiger partial charge in [0.05, 0.1) is 17.7 Å². The summed E-state index contributed by atoms with van der Waals surface area (Å²) < 4.78 is 26.0. The highest BCUT2D eigenvalue weighted by Gasteiger charge is 2.14. The molecule has 0 fully saturated rings. The zero-order valence-corrected chi connectivity index (χ0v) is 18.0. The summed E-state index contributed by atoms with van der Waals surface area (Å²) in [6.07, 6.45) is 3.17. The minimum Gasteiger partial charge on any atom is -0.496 e. The Morgan fingerprint density at radius 2 is 1.81 bits per heavy atom. The summed E-state index contributed by atoms with van der Waals surface area (Å²) >= 11 is 0. The van der Waals surface area contributed by atoms with Crippen molar-refractivity contribution in [2.45, 2.75) is 4.90 Å². The number of rotatable bonds is 6. The maximum absolute atomic E-state index is 12.7. The summed E-state index contributed by atoms with van der Waals surface area (Å²) in [5.41, 5.74) is 3.89. The summed E-state index contributed by atoms with van der Waals surface area (Å²) in [7, 11) is 0.194. The molecule has 0 radical (unpaired) electrons. The summed E-state index contributed by atoms with van der Waals surface area (Å²) in [4.78, 5) is 5.26. The summed E-state index contributed by atoms with van der Waals surface area (Å²) in [5, 5.41) is 5.62. The van der Waals surface area contributed by atoms with E-state index >= 15 is 0 Å². The third kappa shape index (κ3) is 3.86. The second kappa shape index (κ2) is 8.64. The Morgan fingerprint density at radius 1 is 0.938 bits per heavy atom. The van der Waals surface area contributed by atoms with Gasteiger partial charge >= 0.3 is 0 Å². The monoisotopic (exact) mass is 441 g/mol. The van der Waals surface area contributed by atoms with Crippen LogP contribution in [-0.4, -0.2) is 21.5 Å². The van der Waals surface area contributed by atoms with Crippen LogP contribution in [-0.2, 0) is 11.0 Å². The first-order valence-corrected chi connectivity index (χ1v) is 11.1. The Balaban J connectivity index is 1.53. The molecule has 1 unspecified atom stereocenters. The number of benzene rings is 3. The second-order valence-electron chi connectivity index (χ2n) is 7.08. The number of methoxy groups -OCH3 is 1. The molecule has 0 aliphatic carbocycles. The predicted octanol–water partition coefficient (Wildman–Crippen LogP) is 5.70. The fraction of sp³-hybridized carbons (Fsp3) is 0.0400. The first-order chi connectivity index (χ1) is 15.7. The van der Waals surface area contributed by atoms with Crippen LogP contribution in [0.25, 0.3) is 33.2 Å². The van der Waals surface area contributed by atoms with Crippen molar-refractivity contribution in [2.24, 2.45) is 0 Å². The zero-order chi connectivity index (χ0) is 21.9. The third-order valence-corrected chi connectivity index (χ3v) is 6.23. The number of ether oxygens (including phenoxy) is 1. The largest absolute Gasteiger partial charge is 0.496 e. The average molecular weight is 442 g/mol. The maximum atomic E-state index is 12.7. The molecule has 0 amide bonds. The molecule has 1 atom stereocenters. The van der Waals surface area contributed by atoms with Gasteiger partial charge < -0.3 is 9.26 Å². The average Bonchev–Trinajstić information content (AvgIpc) is 3.36. The van der Waals surface area contributed by atoms with E-state index in [9.17, 15) is 4.21 Å². The van der Waals surface area contributed by atoms with Gasteiger partial charge in [0.25, 0.3) is 0 Å². The molecule has 5 rings (SSSR count). The summed E-state index contributed by atoms with van der Waals surface area (Å²) in [6, 6.07) is 25.4. The van der Waals surface area contributed by atoms with E-state index in [1.807, 2.05) is 54.6 Å². The lowest BCUT2D eigenvalue weighted by Gasteiger charge is -2.13. The molecule has 0 saturated heterocycles. The lowest BCUT2D eigenvalue weighted by Crippen LogP contribution is -2.04. The van der Waals surface area contributed by atoms with E-state index in [-0.39, 0.29) is 0 Å². The van der Waals surface area contributed by atoms with E-state index in [4.69, 9.17) is 9.26 Å². The molecule has 0 saturated carbocycles. The second-order valence-corrected chi connectivity index (χ2v) is 8.29. The number of fused-ring (bicyclic) bond motifs is 1. The minimum atomic E-state index is -1.47. The molecule has 3 aromatic carbocycles. The standard InChI is InChI=1S/C25H19N3O3S/c1-30-23-16-18(17-5-3-2-4-6-17)7-9-22(23)25-21-10-8-20(15-19(21)11-13-26-25)32(29)28-24-12-14-31-27-24/h2-16H,1H3,(H,27,28). The van der Waals surface area contributed by atoms with Gasteiger partial charge in [0.2, 0.25) is 0 Å². The van der Waals surface area contributed by atoms with Crippen LogP contribution < -0.4 is 9.46 Å². The van der Waals surface area contributed by atoms with Crippen LogP contribution in [0.1, 0.15) is 0 Å². The van der Waals surface area contributed by atoms with Gasteiger partial charge in [0, 0.05) is 23.2 Å².